The first-order valence-electron chi connectivity index (χ1n) is 4.06. The van der Waals surface area contributed by atoms with Crippen LogP contribution >= 0.6 is 0 Å². The lowest BCUT2D eigenvalue weighted by molar-refractivity contribution is -0.277. The van der Waals surface area contributed by atoms with Gasteiger partial charge in [-0.05, 0) is 0 Å². The highest BCUT2D eigenvalue weighted by Gasteiger charge is 2.64. The van der Waals surface area contributed by atoms with Crippen LogP contribution in [0.25, 0.3) is 0 Å². The van der Waals surface area contributed by atoms with Gasteiger partial charge in [0.25, 0.3) is 0 Å². The molecule has 0 amide bonds. The second kappa shape index (κ2) is 2.88. The Morgan fingerprint density at radius 1 is 1.23 bits per heavy atom. The number of epoxide rings is 1. The number of aliphatic hydroxyl groups is 4. The summed E-state index contributed by atoms with van der Waals surface area (Å²) < 4.78 is 9.67. The Morgan fingerprint density at radius 3 is 2.31 bits per heavy atom. The first-order valence-corrected chi connectivity index (χ1v) is 4.06. The molecule has 76 valence electrons. The Kier molecular flexibility index (Phi) is 2.06. The minimum absolute atomic E-state index is 0.173. The monoisotopic (exact) mass is 192 g/mol. The quantitative estimate of drug-likeness (QED) is 0.334. The smallest absolute Gasteiger partial charge is 0.184 e. The second-order valence-electron chi connectivity index (χ2n) is 3.38. The van der Waals surface area contributed by atoms with Gasteiger partial charge in [-0.15, -0.1) is 0 Å². The minimum atomic E-state index is -1.41. The fraction of sp³-hybridized carbons (Fsp3) is 1.00. The zero-order valence-corrected chi connectivity index (χ0v) is 6.83. The van der Waals surface area contributed by atoms with Gasteiger partial charge in [0.05, 0.1) is 13.2 Å². The predicted octanol–water partition coefficient (Wildman–Crippen LogP) is -2.81. The normalized spacial score (nSPS) is 55.4. The highest BCUT2D eigenvalue weighted by atomic mass is 16.7. The van der Waals surface area contributed by atoms with Crippen molar-refractivity contribution >= 4 is 0 Å². The van der Waals surface area contributed by atoms with Gasteiger partial charge >= 0.3 is 0 Å². The number of aliphatic hydroxyl groups excluding tert-OH is 4. The van der Waals surface area contributed by atoms with Crippen molar-refractivity contribution in [3.63, 3.8) is 0 Å². The molecule has 2 saturated heterocycles. The van der Waals surface area contributed by atoms with Crippen LogP contribution in [-0.4, -0.2) is 63.8 Å². The van der Waals surface area contributed by atoms with Crippen LogP contribution in [0.3, 0.4) is 0 Å². The summed E-state index contributed by atoms with van der Waals surface area (Å²) in [5, 5.41) is 37.0. The molecule has 4 N–H and O–H groups in total. The Labute approximate surface area is 74.3 Å². The summed E-state index contributed by atoms with van der Waals surface area (Å²) in [4.78, 5) is 0. The largest absolute Gasteiger partial charge is 0.394 e. The van der Waals surface area contributed by atoms with E-state index in [1.807, 2.05) is 0 Å². The van der Waals surface area contributed by atoms with E-state index in [0.29, 0.717) is 0 Å². The van der Waals surface area contributed by atoms with Crippen molar-refractivity contribution in [2.75, 3.05) is 13.2 Å². The Bertz CT molecular complexity index is 203. The van der Waals surface area contributed by atoms with Gasteiger partial charge in [-0.2, -0.15) is 0 Å². The van der Waals surface area contributed by atoms with Gasteiger partial charge in [0.2, 0.25) is 0 Å². The van der Waals surface area contributed by atoms with Crippen molar-refractivity contribution in [3.05, 3.63) is 0 Å². The topological polar surface area (TPSA) is 103 Å². The zero-order valence-electron chi connectivity index (χ0n) is 6.83. The van der Waals surface area contributed by atoms with Crippen molar-refractivity contribution in [2.24, 2.45) is 0 Å². The van der Waals surface area contributed by atoms with Crippen LogP contribution in [0.2, 0.25) is 0 Å². The van der Waals surface area contributed by atoms with Crippen molar-refractivity contribution in [1.29, 1.82) is 0 Å². The van der Waals surface area contributed by atoms with Crippen LogP contribution in [-0.2, 0) is 9.47 Å². The maximum atomic E-state index is 9.57. The van der Waals surface area contributed by atoms with E-state index >= 15 is 0 Å². The van der Waals surface area contributed by atoms with Gasteiger partial charge < -0.3 is 29.9 Å². The molecule has 2 heterocycles. The third-order valence-electron chi connectivity index (χ3n) is 2.60. The number of hydrogen-bond donors (Lipinski definition) is 4. The summed E-state index contributed by atoms with van der Waals surface area (Å²) >= 11 is 0. The minimum Gasteiger partial charge on any atom is -0.394 e. The van der Waals surface area contributed by atoms with E-state index in [9.17, 15) is 15.3 Å². The van der Waals surface area contributed by atoms with Gasteiger partial charge in [-0.1, -0.05) is 0 Å². The van der Waals surface area contributed by atoms with Gasteiger partial charge in [0, 0.05) is 0 Å². The highest BCUT2D eigenvalue weighted by Crippen LogP contribution is 2.41. The lowest BCUT2D eigenvalue weighted by Crippen LogP contribution is -2.61. The highest BCUT2D eigenvalue weighted by molar-refractivity contribution is 5.10. The predicted molar refractivity (Wildman–Crippen MR) is 38.7 cm³/mol. The molecule has 13 heavy (non-hydrogen) atoms. The van der Waals surface area contributed by atoms with E-state index in [2.05, 4.69) is 0 Å². The Morgan fingerprint density at radius 2 is 1.85 bits per heavy atom. The SMILES string of the molecule is OC[C@H]1O[C@H](O)[C@@H](O)[C@]2(CO2)[C@@H]1O. The van der Waals surface area contributed by atoms with Gasteiger partial charge in [-0.25, -0.2) is 0 Å². The van der Waals surface area contributed by atoms with E-state index in [1.165, 1.54) is 0 Å². The summed E-state index contributed by atoms with van der Waals surface area (Å²) in [6, 6.07) is 0. The first kappa shape index (κ1) is 9.32. The van der Waals surface area contributed by atoms with E-state index in [4.69, 9.17) is 14.6 Å². The number of hydrogen-bond acceptors (Lipinski definition) is 6. The van der Waals surface area contributed by atoms with E-state index in [0.717, 1.165) is 0 Å². The Hall–Kier alpha value is -0.240. The Balaban J connectivity index is 2.16. The van der Waals surface area contributed by atoms with E-state index in [-0.39, 0.29) is 6.61 Å². The molecule has 2 aliphatic heterocycles. The number of ether oxygens (including phenoxy) is 2. The summed E-state index contributed by atoms with van der Waals surface area (Å²) in [5.41, 5.74) is -1.13. The average molecular weight is 192 g/mol. The summed E-state index contributed by atoms with van der Waals surface area (Å²) in [7, 11) is 0. The molecule has 0 saturated carbocycles. The van der Waals surface area contributed by atoms with Crippen molar-refractivity contribution in [2.45, 2.75) is 30.2 Å². The summed E-state index contributed by atoms with van der Waals surface area (Å²) in [5.74, 6) is 0. The molecule has 1 spiro atoms. The molecule has 6 heteroatoms. The van der Waals surface area contributed by atoms with Crippen LogP contribution in [0.4, 0.5) is 0 Å². The second-order valence-corrected chi connectivity index (χ2v) is 3.38. The third-order valence-corrected chi connectivity index (χ3v) is 2.60. The van der Waals surface area contributed by atoms with E-state index in [1.54, 1.807) is 0 Å². The van der Waals surface area contributed by atoms with E-state index < -0.39 is 36.8 Å². The van der Waals surface area contributed by atoms with Crippen LogP contribution in [0, 0.1) is 0 Å². The number of rotatable bonds is 1. The maximum absolute atomic E-state index is 9.57. The van der Waals surface area contributed by atoms with Crippen molar-refractivity contribution in [1.82, 2.24) is 0 Å². The molecule has 0 aromatic rings. The maximum Gasteiger partial charge on any atom is 0.184 e. The summed E-state index contributed by atoms with van der Waals surface area (Å²) in [6.07, 6.45) is -4.68. The van der Waals surface area contributed by atoms with Crippen LogP contribution in [0.15, 0.2) is 0 Å². The lowest BCUT2D eigenvalue weighted by atomic mass is 9.89. The van der Waals surface area contributed by atoms with Crippen molar-refractivity contribution < 1.29 is 29.9 Å². The third kappa shape index (κ3) is 1.18. The first-order chi connectivity index (χ1) is 6.12. The van der Waals surface area contributed by atoms with Crippen LogP contribution < -0.4 is 0 Å². The van der Waals surface area contributed by atoms with Crippen LogP contribution in [0.1, 0.15) is 0 Å². The molecule has 2 fully saturated rings. The average Bonchev–Trinajstić information content (AvgIpc) is 2.90. The molecule has 2 aliphatic rings. The van der Waals surface area contributed by atoms with Crippen molar-refractivity contribution in [3.8, 4) is 0 Å². The molecule has 0 unspecified atom stereocenters. The van der Waals surface area contributed by atoms with Gasteiger partial charge in [0.15, 0.2) is 11.9 Å². The summed E-state index contributed by atoms with van der Waals surface area (Å²) in [6.45, 7) is -0.248. The molecular weight excluding hydrogens is 180 g/mol. The molecule has 6 nitrogen and oxygen atoms in total. The fourth-order valence-corrected chi connectivity index (χ4v) is 1.63. The van der Waals surface area contributed by atoms with Crippen LogP contribution in [0.5, 0.6) is 0 Å². The molecule has 0 radical (unpaired) electrons. The molecule has 5 atom stereocenters. The van der Waals surface area contributed by atoms with Gasteiger partial charge in [-0.3, -0.25) is 0 Å². The molecule has 0 aromatic heterocycles. The molecule has 0 aliphatic carbocycles. The molecule has 0 aromatic carbocycles. The zero-order chi connectivity index (χ0) is 9.64. The van der Waals surface area contributed by atoms with Gasteiger partial charge in [0.1, 0.15) is 18.3 Å². The molecule has 2 rings (SSSR count). The fourth-order valence-electron chi connectivity index (χ4n) is 1.63. The molecule has 0 bridgehead atoms. The standard InChI is InChI=1S/C7H12O6/c8-1-3-4(9)7(2-12-7)5(10)6(11)13-3/h3-6,8-11H,1-2H2/t3-,4-,5-,6+,7+/m1/s1. The molecular formula is C7H12O6. The lowest BCUT2D eigenvalue weighted by Gasteiger charge is -2.38.